The number of nitro groups is 1. The lowest BCUT2D eigenvalue weighted by Gasteiger charge is -2.18. The third kappa shape index (κ3) is 4.20. The molecule has 3 rings (SSSR count). The van der Waals surface area contributed by atoms with Crippen LogP contribution in [-0.4, -0.2) is 19.1 Å². The van der Waals surface area contributed by atoms with E-state index in [0.29, 0.717) is 18.0 Å². The zero-order valence-corrected chi connectivity index (χ0v) is 15.7. The largest absolute Gasteiger partial charge is 0.497 e. The molecule has 7 heteroatoms. The molecule has 0 aliphatic heterocycles. The fourth-order valence-corrected chi connectivity index (χ4v) is 3.21. The maximum Gasteiger partial charge on any atom is 0.270 e. The molecule has 0 aliphatic carbocycles. The number of rotatable bonds is 7. The van der Waals surface area contributed by atoms with Gasteiger partial charge in [-0.1, -0.05) is 18.2 Å². The van der Waals surface area contributed by atoms with Crippen LogP contribution in [-0.2, 0) is 6.42 Å². The molecule has 3 aromatic rings. The van der Waals surface area contributed by atoms with Gasteiger partial charge in [0, 0.05) is 29.7 Å². The molecule has 0 saturated heterocycles. The molecule has 0 aliphatic rings. The van der Waals surface area contributed by atoms with Gasteiger partial charge in [-0.25, -0.2) is 4.98 Å². The van der Waals surface area contributed by atoms with Crippen LogP contribution in [0.15, 0.2) is 60.7 Å². The third-order valence-corrected chi connectivity index (χ3v) is 4.63. The van der Waals surface area contributed by atoms with Crippen LogP contribution in [0.2, 0.25) is 0 Å². The van der Waals surface area contributed by atoms with Gasteiger partial charge in [0.2, 0.25) is 0 Å². The van der Waals surface area contributed by atoms with E-state index in [1.165, 1.54) is 6.07 Å². The predicted octanol–water partition coefficient (Wildman–Crippen LogP) is 3.38. The van der Waals surface area contributed by atoms with Gasteiger partial charge in [0.1, 0.15) is 17.2 Å². The van der Waals surface area contributed by atoms with Gasteiger partial charge in [-0.05, 0) is 36.2 Å². The molecule has 0 spiro atoms. The second-order valence-electron chi connectivity index (χ2n) is 6.34. The fraction of sp³-hybridized carbons (Fsp3) is 0.190. The molecule has 3 N–H and O–H groups in total. The van der Waals surface area contributed by atoms with E-state index in [0.717, 1.165) is 22.6 Å². The molecule has 1 heterocycles. The first-order valence-electron chi connectivity index (χ1n) is 8.74. The molecule has 0 saturated carbocycles. The number of H-pyrrole nitrogens is 1. The van der Waals surface area contributed by atoms with E-state index in [-0.39, 0.29) is 11.6 Å². The lowest BCUT2D eigenvalue weighted by atomic mass is 9.88. The Balaban J connectivity index is 2.07. The second kappa shape index (κ2) is 8.39. The van der Waals surface area contributed by atoms with Crippen molar-refractivity contribution in [2.24, 2.45) is 0 Å². The number of nitro benzene ring substituents is 1. The van der Waals surface area contributed by atoms with Crippen LogP contribution in [0.1, 0.15) is 22.7 Å². The summed E-state index contributed by atoms with van der Waals surface area (Å²) in [6, 6.07) is 18.0. The monoisotopic (exact) mass is 380 g/mol. The number of pyridine rings is 1. The summed E-state index contributed by atoms with van der Waals surface area (Å²) in [5.41, 5.74) is 8.64. The standard InChI is InChI=1S/C21H21N3O4/c1-27-17-9-6-14(7-10-17)18(19-4-3-5-21(22)23-19)13-15-12-16(24(25)26)8-11-20(15)28-2/h3-12,18H,13H2,1-2H3,(H2,22,23)/p+1. The minimum atomic E-state index is -0.405. The predicted molar refractivity (Wildman–Crippen MR) is 106 cm³/mol. The molecule has 28 heavy (non-hydrogen) atoms. The summed E-state index contributed by atoms with van der Waals surface area (Å²) in [4.78, 5) is 14.0. The van der Waals surface area contributed by atoms with Crippen LogP contribution in [0.5, 0.6) is 11.5 Å². The maximum absolute atomic E-state index is 11.2. The van der Waals surface area contributed by atoms with Crippen molar-refractivity contribution in [2.75, 3.05) is 20.0 Å². The van der Waals surface area contributed by atoms with Gasteiger partial charge in [0.05, 0.1) is 19.1 Å². The number of hydrogen-bond acceptors (Lipinski definition) is 5. The Kier molecular flexibility index (Phi) is 5.74. The Hall–Kier alpha value is -3.61. The number of ether oxygens (including phenoxy) is 2. The Morgan fingerprint density at radius 1 is 1.07 bits per heavy atom. The number of aromatic amines is 1. The van der Waals surface area contributed by atoms with Gasteiger partial charge in [0.25, 0.3) is 11.5 Å². The first-order chi connectivity index (χ1) is 13.5. The summed E-state index contributed by atoms with van der Waals surface area (Å²) in [6.45, 7) is 0. The molecule has 0 amide bonds. The minimum Gasteiger partial charge on any atom is -0.497 e. The van der Waals surface area contributed by atoms with Crippen molar-refractivity contribution >= 4 is 11.5 Å². The highest BCUT2D eigenvalue weighted by Crippen LogP contribution is 2.33. The molecule has 0 radical (unpaired) electrons. The normalized spacial score (nSPS) is 11.6. The van der Waals surface area contributed by atoms with Crippen molar-refractivity contribution in [1.82, 2.24) is 0 Å². The van der Waals surface area contributed by atoms with Crippen LogP contribution >= 0.6 is 0 Å². The van der Waals surface area contributed by atoms with Gasteiger partial charge in [0.15, 0.2) is 0 Å². The fourth-order valence-electron chi connectivity index (χ4n) is 3.21. The highest BCUT2D eigenvalue weighted by molar-refractivity contribution is 5.46. The van der Waals surface area contributed by atoms with Gasteiger partial charge in [-0.2, -0.15) is 0 Å². The highest BCUT2D eigenvalue weighted by Gasteiger charge is 2.22. The number of nitrogens with zero attached hydrogens (tertiary/aromatic N) is 1. The first kappa shape index (κ1) is 19.2. The van der Waals surface area contributed by atoms with Crippen molar-refractivity contribution in [1.29, 1.82) is 0 Å². The molecule has 1 aromatic heterocycles. The Bertz CT molecular complexity index is 974. The highest BCUT2D eigenvalue weighted by atomic mass is 16.6. The third-order valence-electron chi connectivity index (χ3n) is 4.63. The maximum atomic E-state index is 11.2. The van der Waals surface area contributed by atoms with Crippen LogP contribution in [0, 0.1) is 10.1 Å². The molecule has 7 nitrogen and oxygen atoms in total. The lowest BCUT2D eigenvalue weighted by molar-refractivity contribution is -0.385. The van der Waals surface area contributed by atoms with Gasteiger partial charge in [-0.15, -0.1) is 0 Å². The smallest absolute Gasteiger partial charge is 0.270 e. The number of hydrogen-bond donors (Lipinski definition) is 1. The molecule has 0 fully saturated rings. The van der Waals surface area contributed by atoms with Crippen molar-refractivity contribution in [3.63, 3.8) is 0 Å². The van der Waals surface area contributed by atoms with E-state index >= 15 is 0 Å². The van der Waals surface area contributed by atoms with Crippen LogP contribution < -0.4 is 20.2 Å². The molecule has 0 bridgehead atoms. The van der Waals surface area contributed by atoms with E-state index in [2.05, 4.69) is 4.98 Å². The van der Waals surface area contributed by atoms with E-state index in [1.54, 1.807) is 32.4 Å². The molecule has 1 atom stereocenters. The number of nitrogens with two attached hydrogens (primary N) is 1. The summed E-state index contributed by atoms with van der Waals surface area (Å²) in [7, 11) is 3.17. The van der Waals surface area contributed by atoms with Gasteiger partial charge in [-0.3, -0.25) is 15.8 Å². The number of aromatic nitrogens is 1. The number of anilines is 1. The van der Waals surface area contributed by atoms with Crippen molar-refractivity contribution in [2.45, 2.75) is 12.3 Å². The molecule has 144 valence electrons. The second-order valence-corrected chi connectivity index (χ2v) is 6.34. The van der Waals surface area contributed by atoms with Crippen LogP contribution in [0.4, 0.5) is 11.5 Å². The van der Waals surface area contributed by atoms with E-state index < -0.39 is 4.92 Å². The SMILES string of the molecule is COc1ccc(C(Cc2cc([N+](=O)[O-])ccc2OC)c2cccc(N)[nH+]2)cc1. The van der Waals surface area contributed by atoms with Crippen LogP contribution in [0.25, 0.3) is 0 Å². The van der Waals surface area contributed by atoms with E-state index in [4.69, 9.17) is 15.2 Å². The average Bonchev–Trinajstić information content (AvgIpc) is 2.72. The zero-order valence-electron chi connectivity index (χ0n) is 15.7. The van der Waals surface area contributed by atoms with Crippen molar-refractivity contribution in [3.05, 3.63) is 87.6 Å². The van der Waals surface area contributed by atoms with Crippen molar-refractivity contribution < 1.29 is 19.4 Å². The number of nitrogen functional groups attached to an aromatic ring is 1. The molecule has 1 unspecified atom stereocenters. The summed E-state index contributed by atoms with van der Waals surface area (Å²) in [6.07, 6.45) is 0.497. The quantitative estimate of drug-likeness (QED) is 0.500. The zero-order chi connectivity index (χ0) is 20.1. The Morgan fingerprint density at radius 2 is 1.82 bits per heavy atom. The minimum absolute atomic E-state index is 0.0286. The average molecular weight is 380 g/mol. The Morgan fingerprint density at radius 3 is 2.43 bits per heavy atom. The number of non-ortho nitro benzene ring substituents is 1. The number of benzene rings is 2. The van der Waals surface area contributed by atoms with E-state index in [1.807, 2.05) is 36.4 Å². The molecule has 2 aromatic carbocycles. The summed E-state index contributed by atoms with van der Waals surface area (Å²) >= 11 is 0. The topological polar surface area (TPSA) is 102 Å². The summed E-state index contributed by atoms with van der Waals surface area (Å²) in [5.74, 6) is 1.80. The van der Waals surface area contributed by atoms with E-state index in [9.17, 15) is 10.1 Å². The Labute approximate surface area is 162 Å². The molecular weight excluding hydrogens is 358 g/mol. The summed E-state index contributed by atoms with van der Waals surface area (Å²) < 4.78 is 10.7. The van der Waals surface area contributed by atoms with Gasteiger partial charge < -0.3 is 9.47 Å². The summed E-state index contributed by atoms with van der Waals surface area (Å²) in [5, 5.41) is 11.2. The van der Waals surface area contributed by atoms with Crippen LogP contribution in [0.3, 0.4) is 0 Å². The van der Waals surface area contributed by atoms with Crippen molar-refractivity contribution in [3.8, 4) is 11.5 Å². The molecular formula is C21H22N3O4+. The lowest BCUT2D eigenvalue weighted by Crippen LogP contribution is -2.21. The number of methoxy groups -OCH3 is 2. The first-order valence-corrected chi connectivity index (χ1v) is 8.74. The van der Waals surface area contributed by atoms with Gasteiger partial charge >= 0.3 is 0 Å². The number of nitrogens with one attached hydrogen (secondary N) is 1.